The Morgan fingerprint density at radius 2 is 1.12 bits per heavy atom. The fraction of sp³-hybridized carbons (Fsp3) is 0.396. The van der Waals surface area contributed by atoms with E-state index < -0.39 is 16.8 Å². The van der Waals surface area contributed by atoms with Crippen molar-refractivity contribution in [3.63, 3.8) is 0 Å². The normalized spacial score (nSPS) is 10.8. The van der Waals surface area contributed by atoms with Gasteiger partial charge < -0.3 is 29.8 Å². The number of pyridine rings is 2. The van der Waals surface area contributed by atoms with Crippen molar-refractivity contribution in [2.75, 3.05) is 27.4 Å². The van der Waals surface area contributed by atoms with E-state index in [9.17, 15) is 14.4 Å². The number of aromatic nitrogens is 5. The van der Waals surface area contributed by atoms with Gasteiger partial charge in [0.25, 0.3) is 5.97 Å². The minimum atomic E-state index is -0.833. The van der Waals surface area contributed by atoms with Crippen LogP contribution in [-0.4, -0.2) is 87.3 Å². The molecule has 3 heterocycles. The molecule has 0 saturated carbocycles. The van der Waals surface area contributed by atoms with Crippen molar-refractivity contribution in [3.05, 3.63) is 96.6 Å². The quantitative estimate of drug-likeness (QED) is 0.0145. The number of aliphatic carboxylic acids is 1. The minimum absolute atomic E-state index is 0.0386. The van der Waals surface area contributed by atoms with Gasteiger partial charge in [-0.1, -0.05) is 76.2 Å². The third-order valence-corrected chi connectivity index (χ3v) is 9.00. The summed E-state index contributed by atoms with van der Waals surface area (Å²) < 4.78 is 20.8. The van der Waals surface area contributed by atoms with Crippen LogP contribution in [0.3, 0.4) is 0 Å². The molecule has 0 saturated heterocycles. The number of hydrazine groups is 1. The van der Waals surface area contributed by atoms with Crippen molar-refractivity contribution in [1.29, 1.82) is 5.41 Å². The standard InChI is InChI=1S/C23H28N4O3.C18H21N3O3.C5H12N2O.C2H4O2/c1-15(2)12-19-25-21(27-26-19)17-8-6-16(7-9-17)18-10-11-20(24-13-18)30-14-23(3,4)22(28)29-5;1-18(2,17(22)23-3)11-24-15-9-8-14(10-21-15)12-4-6-13(7-5-12)16(19)20;1-4(2)3-5(8)7-6;1-2(3)4/h6-11,13,15H,12,14H2,1-5H3,(H,25,26,27);4-10H,11H2,1-3H3,(H3,19,20);4H,3,6H2,1-2H3,(H,7,8);1H3,(H,3,4). The fourth-order valence-electron chi connectivity index (χ4n) is 5.44. The van der Waals surface area contributed by atoms with Crippen LogP contribution >= 0.6 is 0 Å². The van der Waals surface area contributed by atoms with Crippen LogP contribution in [0.4, 0.5) is 0 Å². The maximum absolute atomic E-state index is 11.7. The number of carbonyl (C=O) groups is 4. The highest BCUT2D eigenvalue weighted by Gasteiger charge is 2.31. The number of amides is 1. The number of benzene rings is 2. The first kappa shape index (κ1) is 54.9. The number of nitrogens with zero attached hydrogens (tertiary/aromatic N) is 4. The summed E-state index contributed by atoms with van der Waals surface area (Å²) in [5.41, 5.74) is 11.6. The first-order valence-corrected chi connectivity index (χ1v) is 21.0. The summed E-state index contributed by atoms with van der Waals surface area (Å²) in [4.78, 5) is 55.9. The summed E-state index contributed by atoms with van der Waals surface area (Å²) in [6, 6.07) is 22.8. The summed E-state index contributed by atoms with van der Waals surface area (Å²) in [5, 5.41) is 22.1. The van der Waals surface area contributed by atoms with Crippen LogP contribution in [0.1, 0.15) is 80.1 Å². The third-order valence-electron chi connectivity index (χ3n) is 9.00. The van der Waals surface area contributed by atoms with Gasteiger partial charge in [0, 0.05) is 66.5 Å². The van der Waals surface area contributed by atoms with E-state index in [0.717, 1.165) is 47.0 Å². The van der Waals surface area contributed by atoms with Crippen LogP contribution in [0.2, 0.25) is 0 Å². The molecular formula is C48H65N9O9. The summed E-state index contributed by atoms with van der Waals surface area (Å²) in [5.74, 6) is 6.70. The number of aromatic amines is 1. The zero-order valence-corrected chi connectivity index (χ0v) is 39.7. The molecule has 0 spiro atoms. The lowest BCUT2D eigenvalue weighted by Gasteiger charge is -2.21. The number of rotatable bonds is 16. The molecule has 2 aromatic carbocycles. The van der Waals surface area contributed by atoms with Gasteiger partial charge in [-0.2, -0.15) is 5.10 Å². The van der Waals surface area contributed by atoms with Crippen LogP contribution in [0.25, 0.3) is 33.6 Å². The molecule has 1 amide bonds. The minimum Gasteiger partial charge on any atom is -0.481 e. The van der Waals surface area contributed by atoms with E-state index in [1.54, 1.807) is 64.4 Å². The molecule has 18 heteroatoms. The number of methoxy groups -OCH3 is 2. The Kier molecular flexibility index (Phi) is 22.1. The highest BCUT2D eigenvalue weighted by atomic mass is 16.5. The number of ether oxygens (including phenoxy) is 4. The van der Waals surface area contributed by atoms with Crippen LogP contribution in [0, 0.1) is 28.1 Å². The van der Waals surface area contributed by atoms with Crippen molar-refractivity contribution in [3.8, 4) is 45.4 Å². The molecule has 0 aliphatic carbocycles. The molecule has 0 aliphatic rings. The zero-order chi connectivity index (χ0) is 49.6. The van der Waals surface area contributed by atoms with E-state index in [-0.39, 0.29) is 36.9 Å². The second kappa shape index (κ2) is 26.5. The van der Waals surface area contributed by atoms with E-state index >= 15 is 0 Å². The highest BCUT2D eigenvalue weighted by molar-refractivity contribution is 5.95. The first-order chi connectivity index (χ1) is 31.0. The highest BCUT2D eigenvalue weighted by Crippen LogP contribution is 2.26. The molecule has 8 N–H and O–H groups in total. The predicted octanol–water partition coefficient (Wildman–Crippen LogP) is 7.03. The average molecular weight is 912 g/mol. The Bertz CT molecular complexity index is 2290. The largest absolute Gasteiger partial charge is 0.481 e. The second-order valence-electron chi connectivity index (χ2n) is 17.1. The molecule has 66 heavy (non-hydrogen) atoms. The maximum Gasteiger partial charge on any atom is 0.314 e. The Morgan fingerprint density at radius 1 is 0.712 bits per heavy atom. The van der Waals surface area contributed by atoms with Gasteiger partial charge >= 0.3 is 11.9 Å². The summed E-state index contributed by atoms with van der Waals surface area (Å²) in [6.07, 6.45) is 4.84. The number of nitrogens with two attached hydrogens (primary N) is 2. The molecule has 0 unspecified atom stereocenters. The maximum atomic E-state index is 11.7. The number of nitrogens with one attached hydrogen (secondary N) is 3. The van der Waals surface area contributed by atoms with Gasteiger partial charge in [-0.3, -0.25) is 35.1 Å². The second-order valence-corrected chi connectivity index (χ2v) is 17.1. The Labute approximate surface area is 386 Å². The lowest BCUT2D eigenvalue weighted by molar-refractivity contribution is -0.153. The zero-order valence-electron chi connectivity index (χ0n) is 39.7. The van der Waals surface area contributed by atoms with E-state index in [4.69, 9.17) is 45.8 Å². The molecule has 0 atom stereocenters. The monoisotopic (exact) mass is 911 g/mol. The van der Waals surface area contributed by atoms with Crippen molar-refractivity contribution >= 4 is 29.7 Å². The van der Waals surface area contributed by atoms with Gasteiger partial charge in [0.05, 0.1) is 25.0 Å². The number of nitrogen functional groups attached to an aromatic ring is 1. The summed E-state index contributed by atoms with van der Waals surface area (Å²) in [7, 11) is 2.73. The molecule has 3 aromatic heterocycles. The number of carboxylic acid groups (broad SMARTS) is 1. The number of amidine groups is 1. The summed E-state index contributed by atoms with van der Waals surface area (Å²) >= 11 is 0. The number of carboxylic acids is 1. The number of hydrogen-bond donors (Lipinski definition) is 6. The van der Waals surface area contributed by atoms with Gasteiger partial charge in [0.15, 0.2) is 5.82 Å². The topological polar surface area (TPSA) is 281 Å². The van der Waals surface area contributed by atoms with E-state index in [1.165, 1.54) is 14.2 Å². The van der Waals surface area contributed by atoms with Crippen molar-refractivity contribution in [1.82, 2.24) is 30.6 Å². The number of esters is 2. The molecule has 5 aromatic rings. The van der Waals surface area contributed by atoms with Gasteiger partial charge in [0.1, 0.15) is 24.9 Å². The van der Waals surface area contributed by atoms with Gasteiger partial charge in [0.2, 0.25) is 17.7 Å². The number of H-pyrrole nitrogens is 1. The lowest BCUT2D eigenvalue weighted by Crippen LogP contribution is -2.32. The smallest absolute Gasteiger partial charge is 0.314 e. The average Bonchev–Trinajstić information content (AvgIpc) is 3.75. The van der Waals surface area contributed by atoms with E-state index in [1.807, 2.05) is 62.4 Å². The van der Waals surface area contributed by atoms with Crippen molar-refractivity contribution in [2.24, 2.45) is 34.2 Å². The molecule has 0 bridgehead atoms. The summed E-state index contributed by atoms with van der Waals surface area (Å²) in [6.45, 7) is 16.7. The molecule has 5 rings (SSSR count). The fourth-order valence-corrected chi connectivity index (χ4v) is 5.44. The van der Waals surface area contributed by atoms with Crippen LogP contribution in [0.15, 0.2) is 85.2 Å². The molecule has 0 fully saturated rings. The first-order valence-electron chi connectivity index (χ1n) is 21.0. The SMILES string of the molecule is CC(=O)O.CC(C)CC(=O)NN.COC(=O)C(C)(C)COc1ccc(-c2ccc(-c3n[nH]c(CC(C)C)n3)cc2)cn1.COC(=O)C(C)(C)COc1ccc(-c2ccc(C(=N)N)cc2)cn1. The Balaban J connectivity index is 0.000000369. The third kappa shape index (κ3) is 19.3. The number of carbonyl (C=O) groups excluding carboxylic acids is 3. The van der Waals surface area contributed by atoms with E-state index in [2.05, 4.69) is 44.4 Å². The molecular weight excluding hydrogens is 847 g/mol. The number of hydrogen-bond acceptors (Lipinski definition) is 14. The molecule has 0 radical (unpaired) electrons. The Morgan fingerprint density at radius 3 is 1.45 bits per heavy atom. The van der Waals surface area contributed by atoms with E-state index in [0.29, 0.717) is 41.4 Å². The van der Waals surface area contributed by atoms with Crippen molar-refractivity contribution in [2.45, 2.75) is 75.2 Å². The van der Waals surface area contributed by atoms with Crippen molar-refractivity contribution < 1.29 is 43.2 Å². The van der Waals surface area contributed by atoms with Crippen LogP contribution < -0.4 is 26.5 Å². The Hall–Kier alpha value is -7.21. The van der Waals surface area contributed by atoms with Gasteiger partial charge in [-0.05, 0) is 62.8 Å². The molecule has 356 valence electrons. The van der Waals surface area contributed by atoms with Gasteiger partial charge in [-0.25, -0.2) is 20.8 Å². The molecule has 18 nitrogen and oxygen atoms in total. The predicted molar refractivity (Wildman–Crippen MR) is 252 cm³/mol. The van der Waals surface area contributed by atoms with Gasteiger partial charge in [-0.15, -0.1) is 0 Å². The lowest BCUT2D eigenvalue weighted by atomic mass is 9.95. The van der Waals surface area contributed by atoms with Crippen LogP contribution in [0.5, 0.6) is 11.8 Å². The van der Waals surface area contributed by atoms with Crippen LogP contribution in [-0.2, 0) is 35.1 Å². The molecule has 0 aliphatic heterocycles.